The molecule has 0 bridgehead atoms. The Bertz CT molecular complexity index is 925. The number of carbonyl (C=O) groups is 1. The van der Waals surface area contributed by atoms with Crippen molar-refractivity contribution in [3.05, 3.63) is 53.1 Å². The van der Waals surface area contributed by atoms with Crippen molar-refractivity contribution < 1.29 is 14.4 Å². The van der Waals surface area contributed by atoms with Gasteiger partial charge >= 0.3 is 0 Å². The number of aromatic nitrogens is 1. The summed E-state index contributed by atoms with van der Waals surface area (Å²) in [4.78, 5) is 20.6. The average Bonchev–Trinajstić information content (AvgIpc) is 3.06. The monoisotopic (exact) mass is 404 g/mol. The third-order valence-corrected chi connectivity index (χ3v) is 5.45. The number of anilines is 1. The molecule has 1 N–H and O–H groups in total. The van der Waals surface area contributed by atoms with Gasteiger partial charge in [0, 0.05) is 5.02 Å². The summed E-state index contributed by atoms with van der Waals surface area (Å²) in [5.74, 6) is 0.508. The van der Waals surface area contributed by atoms with Crippen LogP contribution in [0, 0.1) is 6.92 Å². The maximum Gasteiger partial charge on any atom is 0.266 e. The third-order valence-electron chi connectivity index (χ3n) is 4.15. The van der Waals surface area contributed by atoms with E-state index in [4.69, 9.17) is 21.3 Å². The number of para-hydroxylation sites is 1. The quantitative estimate of drug-likeness (QED) is 0.658. The molecule has 0 radical (unpaired) electrons. The van der Waals surface area contributed by atoms with E-state index >= 15 is 0 Å². The standard InChI is InChI=1S/C20H22ClN3O2S/c1-14-5-4-6-17-19(14)22-20(27-17)24(12-11-23(2)3)18(25)13-26-16-9-7-15(21)8-10-16/h4-10H,11-13H2,1-3H3/p+1. The Balaban J connectivity index is 1.79. The summed E-state index contributed by atoms with van der Waals surface area (Å²) < 4.78 is 6.73. The summed E-state index contributed by atoms with van der Waals surface area (Å²) >= 11 is 7.42. The number of rotatable bonds is 7. The van der Waals surface area contributed by atoms with Crippen LogP contribution in [0.2, 0.25) is 5.02 Å². The molecule has 1 amide bonds. The Hall–Kier alpha value is -2.15. The van der Waals surface area contributed by atoms with Gasteiger partial charge in [0.1, 0.15) is 5.75 Å². The number of carbonyl (C=O) groups excluding carboxylic acids is 1. The predicted octanol–water partition coefficient (Wildman–Crippen LogP) is 2.81. The van der Waals surface area contributed by atoms with Crippen LogP contribution in [0.3, 0.4) is 0 Å². The highest BCUT2D eigenvalue weighted by Gasteiger charge is 2.21. The molecule has 3 rings (SSSR count). The van der Waals surface area contributed by atoms with Crippen LogP contribution in [0.25, 0.3) is 10.2 Å². The number of quaternary nitrogens is 1. The maximum absolute atomic E-state index is 12.9. The van der Waals surface area contributed by atoms with Crippen LogP contribution in [-0.4, -0.2) is 44.7 Å². The molecule has 5 nitrogen and oxygen atoms in total. The molecule has 0 aliphatic carbocycles. The highest BCUT2D eigenvalue weighted by Crippen LogP contribution is 2.30. The first-order valence-electron chi connectivity index (χ1n) is 8.78. The SMILES string of the molecule is Cc1cccc2sc(N(CC[NH+](C)C)C(=O)COc3ccc(Cl)cc3)nc12. The first kappa shape index (κ1) is 19.6. The van der Waals surface area contributed by atoms with E-state index in [2.05, 4.69) is 14.1 Å². The lowest BCUT2D eigenvalue weighted by molar-refractivity contribution is -0.856. The van der Waals surface area contributed by atoms with Crippen molar-refractivity contribution in [3.8, 4) is 5.75 Å². The molecule has 0 saturated carbocycles. The van der Waals surface area contributed by atoms with Gasteiger partial charge in [-0.25, -0.2) is 4.98 Å². The first-order valence-corrected chi connectivity index (χ1v) is 9.97. The van der Waals surface area contributed by atoms with Crippen molar-refractivity contribution in [2.24, 2.45) is 0 Å². The zero-order valence-corrected chi connectivity index (χ0v) is 17.2. The summed E-state index contributed by atoms with van der Waals surface area (Å²) in [5, 5.41) is 1.35. The van der Waals surface area contributed by atoms with Gasteiger partial charge in [-0.05, 0) is 42.8 Å². The number of hydrogen-bond acceptors (Lipinski definition) is 4. The number of fused-ring (bicyclic) bond motifs is 1. The Morgan fingerprint density at radius 2 is 1.96 bits per heavy atom. The van der Waals surface area contributed by atoms with Crippen LogP contribution >= 0.6 is 22.9 Å². The number of amides is 1. The highest BCUT2D eigenvalue weighted by molar-refractivity contribution is 7.22. The van der Waals surface area contributed by atoms with Crippen LogP contribution in [0.4, 0.5) is 5.13 Å². The number of likely N-dealkylation sites (N-methyl/N-ethyl adjacent to an activating group) is 1. The number of hydrogen-bond donors (Lipinski definition) is 1. The zero-order valence-electron chi connectivity index (χ0n) is 15.7. The number of benzene rings is 2. The fraction of sp³-hybridized carbons (Fsp3) is 0.300. The lowest BCUT2D eigenvalue weighted by Gasteiger charge is -2.20. The highest BCUT2D eigenvalue weighted by atomic mass is 35.5. The molecule has 0 saturated heterocycles. The van der Waals surface area contributed by atoms with E-state index < -0.39 is 0 Å². The second kappa shape index (κ2) is 8.69. The molecule has 3 aromatic rings. The van der Waals surface area contributed by atoms with Gasteiger partial charge in [-0.15, -0.1) is 0 Å². The molecule has 2 aromatic carbocycles. The van der Waals surface area contributed by atoms with E-state index in [9.17, 15) is 4.79 Å². The zero-order chi connectivity index (χ0) is 19.4. The minimum absolute atomic E-state index is 0.0424. The summed E-state index contributed by atoms with van der Waals surface area (Å²) in [7, 11) is 4.13. The van der Waals surface area contributed by atoms with Crippen molar-refractivity contribution in [2.45, 2.75) is 6.92 Å². The summed E-state index contributed by atoms with van der Waals surface area (Å²) in [5.41, 5.74) is 2.06. The molecule has 27 heavy (non-hydrogen) atoms. The van der Waals surface area contributed by atoms with Crippen LogP contribution in [0.1, 0.15) is 5.56 Å². The molecule has 7 heteroatoms. The van der Waals surface area contributed by atoms with Crippen LogP contribution < -0.4 is 14.5 Å². The van der Waals surface area contributed by atoms with Gasteiger partial charge < -0.3 is 9.64 Å². The van der Waals surface area contributed by atoms with Gasteiger partial charge in [0.15, 0.2) is 11.7 Å². The van der Waals surface area contributed by atoms with E-state index in [0.717, 1.165) is 22.3 Å². The maximum atomic E-state index is 12.9. The molecule has 0 unspecified atom stereocenters. The molecule has 0 aliphatic heterocycles. The largest absolute Gasteiger partial charge is 0.484 e. The average molecular weight is 405 g/mol. The molecular formula is C20H23ClN3O2S+. The molecular weight excluding hydrogens is 382 g/mol. The number of thiazole rings is 1. The van der Waals surface area contributed by atoms with Gasteiger partial charge in [-0.3, -0.25) is 9.69 Å². The molecule has 0 atom stereocenters. The van der Waals surface area contributed by atoms with E-state index in [1.165, 1.54) is 16.2 Å². The number of nitrogens with zero attached hydrogens (tertiary/aromatic N) is 2. The van der Waals surface area contributed by atoms with E-state index in [1.807, 2.05) is 25.1 Å². The van der Waals surface area contributed by atoms with Gasteiger partial charge in [-0.1, -0.05) is 35.1 Å². The van der Waals surface area contributed by atoms with Gasteiger partial charge in [0.2, 0.25) is 0 Å². The summed E-state index contributed by atoms with van der Waals surface area (Å²) in [6.45, 7) is 3.40. The predicted molar refractivity (Wildman–Crippen MR) is 111 cm³/mol. The fourth-order valence-electron chi connectivity index (χ4n) is 2.61. The van der Waals surface area contributed by atoms with Crippen molar-refractivity contribution >= 4 is 44.2 Å². The second-order valence-electron chi connectivity index (χ2n) is 6.66. The topological polar surface area (TPSA) is 46.9 Å². The van der Waals surface area contributed by atoms with E-state index in [0.29, 0.717) is 22.4 Å². The first-order chi connectivity index (χ1) is 12.9. The van der Waals surface area contributed by atoms with Gasteiger partial charge in [0.05, 0.1) is 37.4 Å². The van der Waals surface area contributed by atoms with Crippen molar-refractivity contribution in [1.82, 2.24) is 4.98 Å². The number of halogens is 1. The molecule has 0 spiro atoms. The van der Waals surface area contributed by atoms with Crippen molar-refractivity contribution in [3.63, 3.8) is 0 Å². The second-order valence-corrected chi connectivity index (χ2v) is 8.11. The fourth-order valence-corrected chi connectivity index (χ4v) is 3.82. The van der Waals surface area contributed by atoms with Crippen molar-refractivity contribution in [1.29, 1.82) is 0 Å². The smallest absolute Gasteiger partial charge is 0.266 e. The summed E-state index contributed by atoms with van der Waals surface area (Å²) in [6.07, 6.45) is 0. The van der Waals surface area contributed by atoms with Gasteiger partial charge in [-0.2, -0.15) is 0 Å². The molecule has 1 aromatic heterocycles. The van der Waals surface area contributed by atoms with Crippen LogP contribution in [0.5, 0.6) is 5.75 Å². The summed E-state index contributed by atoms with van der Waals surface area (Å²) in [6, 6.07) is 13.1. The lowest BCUT2D eigenvalue weighted by Crippen LogP contribution is -3.06. The van der Waals surface area contributed by atoms with Crippen LogP contribution in [0.15, 0.2) is 42.5 Å². The Kier molecular flexibility index (Phi) is 6.31. The Labute approximate surface area is 168 Å². The molecule has 0 fully saturated rings. The van der Waals surface area contributed by atoms with E-state index in [1.54, 1.807) is 29.2 Å². The third kappa shape index (κ3) is 4.97. The number of nitrogens with one attached hydrogen (secondary N) is 1. The van der Waals surface area contributed by atoms with Crippen LogP contribution in [-0.2, 0) is 4.79 Å². The minimum atomic E-state index is -0.108. The molecule has 142 valence electrons. The molecule has 0 aliphatic rings. The van der Waals surface area contributed by atoms with Gasteiger partial charge in [0.25, 0.3) is 5.91 Å². The Morgan fingerprint density at radius 3 is 2.63 bits per heavy atom. The van der Waals surface area contributed by atoms with Crippen molar-refractivity contribution in [2.75, 3.05) is 38.7 Å². The Morgan fingerprint density at radius 1 is 1.22 bits per heavy atom. The number of aryl methyl sites for hydroxylation is 1. The lowest BCUT2D eigenvalue weighted by atomic mass is 10.2. The number of ether oxygens (including phenoxy) is 1. The molecule has 1 heterocycles. The minimum Gasteiger partial charge on any atom is -0.484 e. The normalized spacial score (nSPS) is 11.1. The van der Waals surface area contributed by atoms with E-state index in [-0.39, 0.29) is 12.5 Å².